The van der Waals surface area contributed by atoms with Crippen LogP contribution in [0.15, 0.2) is 39.3 Å². The van der Waals surface area contributed by atoms with Gasteiger partial charge in [0, 0.05) is 10.0 Å². The lowest BCUT2D eigenvalue weighted by Gasteiger charge is -2.16. The van der Waals surface area contributed by atoms with Gasteiger partial charge in [0.15, 0.2) is 0 Å². The van der Waals surface area contributed by atoms with Gasteiger partial charge in [0.05, 0.1) is 11.6 Å². The zero-order chi connectivity index (χ0) is 23.2. The van der Waals surface area contributed by atoms with Gasteiger partial charge < -0.3 is 9.84 Å². The minimum absolute atomic E-state index is 0.297. The van der Waals surface area contributed by atoms with Crippen LogP contribution in [-0.4, -0.2) is 12.2 Å². The lowest BCUT2D eigenvalue weighted by atomic mass is 9.94. The summed E-state index contributed by atoms with van der Waals surface area (Å²) in [7, 11) is 1.67. The van der Waals surface area contributed by atoms with Gasteiger partial charge in [-0.15, -0.1) is 0 Å². The fraction of sp³-hybridized carbons (Fsp3) is 0.571. The average Bonchev–Trinajstić information content (AvgIpc) is 2.80. The largest absolute Gasteiger partial charge is 0.506 e. The number of phenols is 1. The van der Waals surface area contributed by atoms with E-state index in [0.717, 1.165) is 34.2 Å². The molecule has 0 spiro atoms. The number of ether oxygens (including phenoxy) is 1. The minimum Gasteiger partial charge on any atom is -0.506 e. The molecule has 0 amide bonds. The maximum Gasteiger partial charge on any atom is 0.137 e. The molecule has 2 aromatic rings. The molecule has 0 unspecified atom stereocenters. The molecule has 0 bridgehead atoms. The molecule has 0 aliphatic carbocycles. The van der Waals surface area contributed by atoms with Crippen molar-refractivity contribution in [3.63, 3.8) is 0 Å². The highest BCUT2D eigenvalue weighted by Gasteiger charge is 2.17. The maximum atomic E-state index is 10.8. The number of hydrogen-bond acceptors (Lipinski definition) is 2. The number of aromatic hydroxyl groups is 1. The van der Waals surface area contributed by atoms with Crippen molar-refractivity contribution in [2.75, 3.05) is 7.11 Å². The number of rotatable bonds is 16. The highest BCUT2D eigenvalue weighted by atomic mass is 79.9. The molecular weight excluding hydrogens is 528 g/mol. The molecule has 4 heteroatoms. The lowest BCUT2D eigenvalue weighted by molar-refractivity contribution is 0.415. The summed E-state index contributed by atoms with van der Waals surface area (Å²) in [5.41, 5.74) is 3.04. The fourth-order valence-electron chi connectivity index (χ4n) is 4.30. The van der Waals surface area contributed by atoms with Crippen LogP contribution in [0.5, 0.6) is 11.5 Å². The molecule has 0 aliphatic rings. The first-order valence-corrected chi connectivity index (χ1v) is 14.0. The number of methoxy groups -OCH3 is 1. The molecule has 32 heavy (non-hydrogen) atoms. The summed E-state index contributed by atoms with van der Waals surface area (Å²) in [6.45, 7) is 2.28. The Morgan fingerprint density at radius 1 is 0.750 bits per heavy atom. The van der Waals surface area contributed by atoms with Crippen molar-refractivity contribution >= 4 is 31.9 Å². The van der Waals surface area contributed by atoms with Gasteiger partial charge in [0.25, 0.3) is 0 Å². The Balaban J connectivity index is 1.78. The van der Waals surface area contributed by atoms with Crippen molar-refractivity contribution in [1.82, 2.24) is 0 Å². The topological polar surface area (TPSA) is 29.5 Å². The Labute approximate surface area is 212 Å². The SMILES string of the molecule is CCCCCCCCCCCCCCCc1c(Br)cc(Br)c(O)c1-c1cccc(OC)c1. The molecule has 0 aromatic heterocycles. The van der Waals surface area contributed by atoms with E-state index < -0.39 is 0 Å². The Hall–Kier alpha value is -1.00. The molecule has 178 valence electrons. The van der Waals surface area contributed by atoms with Gasteiger partial charge in [-0.3, -0.25) is 0 Å². The van der Waals surface area contributed by atoms with Crippen molar-refractivity contribution in [3.05, 3.63) is 44.8 Å². The average molecular weight is 568 g/mol. The number of hydrogen-bond donors (Lipinski definition) is 1. The summed E-state index contributed by atoms with van der Waals surface area (Å²) in [4.78, 5) is 0. The molecule has 1 N–H and O–H groups in total. The predicted molar refractivity (Wildman–Crippen MR) is 145 cm³/mol. The standard InChI is InChI=1S/C28H40Br2O2/c1-3-4-5-6-7-8-9-10-11-12-13-14-15-19-24-25(29)21-26(30)28(31)27(24)22-17-16-18-23(20-22)32-2/h16-18,20-21,31H,3-15,19H2,1-2H3. The highest BCUT2D eigenvalue weighted by molar-refractivity contribution is 9.11. The lowest BCUT2D eigenvalue weighted by Crippen LogP contribution is -1.95. The third-order valence-electron chi connectivity index (χ3n) is 6.20. The molecule has 0 saturated heterocycles. The van der Waals surface area contributed by atoms with Gasteiger partial charge in [-0.1, -0.05) is 112 Å². The van der Waals surface area contributed by atoms with Crippen molar-refractivity contribution in [1.29, 1.82) is 0 Å². The normalized spacial score (nSPS) is 11.1. The molecule has 0 saturated carbocycles. The van der Waals surface area contributed by atoms with E-state index in [4.69, 9.17) is 4.74 Å². The second-order valence-electron chi connectivity index (χ2n) is 8.77. The van der Waals surface area contributed by atoms with Crippen LogP contribution in [0.4, 0.5) is 0 Å². The summed E-state index contributed by atoms with van der Waals surface area (Å²) in [6, 6.07) is 9.87. The third kappa shape index (κ3) is 9.09. The van der Waals surface area contributed by atoms with E-state index in [0.29, 0.717) is 10.2 Å². The predicted octanol–water partition coefficient (Wildman–Crippen LogP) is 10.2. The molecule has 2 aromatic carbocycles. The van der Waals surface area contributed by atoms with Crippen LogP contribution in [0.25, 0.3) is 11.1 Å². The van der Waals surface area contributed by atoms with Crippen molar-refractivity contribution in [3.8, 4) is 22.6 Å². The first-order chi connectivity index (χ1) is 15.6. The van der Waals surface area contributed by atoms with E-state index in [-0.39, 0.29) is 0 Å². The van der Waals surface area contributed by atoms with Crippen LogP contribution in [0, 0.1) is 0 Å². The van der Waals surface area contributed by atoms with E-state index in [1.807, 2.05) is 30.3 Å². The van der Waals surface area contributed by atoms with Crippen LogP contribution in [-0.2, 0) is 6.42 Å². The van der Waals surface area contributed by atoms with Crippen LogP contribution < -0.4 is 4.74 Å². The zero-order valence-electron chi connectivity index (χ0n) is 19.9. The Morgan fingerprint density at radius 2 is 1.31 bits per heavy atom. The summed E-state index contributed by atoms with van der Waals surface area (Å²) in [6.07, 6.45) is 18.5. The van der Waals surface area contributed by atoms with Crippen molar-refractivity contribution < 1.29 is 9.84 Å². The molecule has 0 atom stereocenters. The maximum absolute atomic E-state index is 10.8. The third-order valence-corrected chi connectivity index (χ3v) is 7.51. The molecule has 0 aliphatic heterocycles. The highest BCUT2D eigenvalue weighted by Crippen LogP contribution is 2.43. The number of benzene rings is 2. The Kier molecular flexibility index (Phi) is 13.4. The van der Waals surface area contributed by atoms with Gasteiger partial charge in [-0.25, -0.2) is 0 Å². The second-order valence-corrected chi connectivity index (χ2v) is 10.5. The Bertz CT molecular complexity index is 804. The first-order valence-electron chi connectivity index (χ1n) is 12.4. The van der Waals surface area contributed by atoms with Crippen LogP contribution in [0.2, 0.25) is 0 Å². The van der Waals surface area contributed by atoms with Crippen molar-refractivity contribution in [2.45, 2.75) is 96.8 Å². The number of phenolic OH excluding ortho intramolecular Hbond substituents is 1. The van der Waals surface area contributed by atoms with Crippen LogP contribution in [0.1, 0.15) is 96.0 Å². The zero-order valence-corrected chi connectivity index (χ0v) is 23.1. The van der Waals surface area contributed by atoms with Gasteiger partial charge in [0.2, 0.25) is 0 Å². The smallest absolute Gasteiger partial charge is 0.137 e. The quantitative estimate of drug-likeness (QED) is 0.204. The van der Waals surface area contributed by atoms with Gasteiger partial charge in [-0.2, -0.15) is 0 Å². The molecule has 2 rings (SSSR count). The molecule has 0 heterocycles. The minimum atomic E-state index is 0.297. The molecule has 2 nitrogen and oxygen atoms in total. The van der Waals surface area contributed by atoms with Crippen LogP contribution in [0.3, 0.4) is 0 Å². The second kappa shape index (κ2) is 15.8. The summed E-state index contributed by atoms with van der Waals surface area (Å²) < 4.78 is 7.14. The van der Waals surface area contributed by atoms with Gasteiger partial charge >= 0.3 is 0 Å². The molecule has 0 radical (unpaired) electrons. The summed E-state index contributed by atoms with van der Waals surface area (Å²) in [5.74, 6) is 1.09. The first kappa shape index (κ1) is 27.2. The van der Waals surface area contributed by atoms with E-state index in [1.165, 1.54) is 82.6 Å². The summed E-state index contributed by atoms with van der Waals surface area (Å²) >= 11 is 7.23. The number of halogens is 2. The fourth-order valence-corrected chi connectivity index (χ4v) is 5.66. The monoisotopic (exact) mass is 566 g/mol. The van der Waals surface area contributed by atoms with Gasteiger partial charge in [-0.05, 0) is 58.1 Å². The molecular formula is C28H40Br2O2. The van der Waals surface area contributed by atoms with Gasteiger partial charge in [0.1, 0.15) is 11.5 Å². The van der Waals surface area contributed by atoms with E-state index >= 15 is 0 Å². The number of unbranched alkanes of at least 4 members (excludes halogenated alkanes) is 12. The van der Waals surface area contributed by atoms with Crippen LogP contribution >= 0.6 is 31.9 Å². The van der Waals surface area contributed by atoms with Crippen molar-refractivity contribution in [2.24, 2.45) is 0 Å². The van der Waals surface area contributed by atoms with E-state index in [2.05, 4.69) is 38.8 Å². The van der Waals surface area contributed by atoms with E-state index in [9.17, 15) is 5.11 Å². The summed E-state index contributed by atoms with van der Waals surface area (Å²) in [5, 5.41) is 10.8. The molecule has 0 fully saturated rings. The van der Waals surface area contributed by atoms with E-state index in [1.54, 1.807) is 7.11 Å². The Morgan fingerprint density at radius 3 is 1.88 bits per heavy atom.